The molecule has 0 aromatic carbocycles. The van der Waals surface area contributed by atoms with E-state index in [0.29, 0.717) is 17.4 Å². The Balaban J connectivity index is 4.01. The molecule has 392 valence electrons. The van der Waals surface area contributed by atoms with Crippen LogP contribution < -0.4 is 10.2 Å². The third kappa shape index (κ3) is 51.9. The maximum Gasteiger partial charge on any atom is 0.268 e. The minimum atomic E-state index is -4.60. The van der Waals surface area contributed by atoms with Crippen LogP contribution in [0.5, 0.6) is 0 Å². The first-order valence-electron chi connectivity index (χ1n) is 28.2. The Bertz CT molecular complexity index is 1270. The number of amides is 1. The number of carbonyl (C=O) groups excluding carboxylic acids is 1. The molecule has 0 rings (SSSR count). The highest BCUT2D eigenvalue weighted by atomic mass is 31.2. The van der Waals surface area contributed by atoms with Gasteiger partial charge in [-0.05, 0) is 70.6 Å². The van der Waals surface area contributed by atoms with Crippen LogP contribution in [0.4, 0.5) is 0 Å². The quantitative estimate of drug-likeness (QED) is 0.0272. The lowest BCUT2D eigenvalue weighted by Gasteiger charge is -2.29. The van der Waals surface area contributed by atoms with Crippen molar-refractivity contribution >= 4 is 13.7 Å². The first kappa shape index (κ1) is 65.2. The lowest BCUT2D eigenvalue weighted by Crippen LogP contribution is -2.45. The molecule has 0 radical (unpaired) electrons. The van der Waals surface area contributed by atoms with Crippen molar-refractivity contribution in [3.63, 3.8) is 0 Å². The largest absolute Gasteiger partial charge is 0.756 e. The molecule has 0 aliphatic rings. The zero-order valence-electron chi connectivity index (χ0n) is 44.6. The third-order valence-electron chi connectivity index (χ3n) is 12.4. The van der Waals surface area contributed by atoms with Crippen LogP contribution in [0.15, 0.2) is 60.8 Å². The first-order valence-corrected chi connectivity index (χ1v) is 29.6. The van der Waals surface area contributed by atoms with E-state index in [1.807, 2.05) is 27.2 Å². The number of phosphoric ester groups is 1. The molecule has 8 nitrogen and oxygen atoms in total. The van der Waals surface area contributed by atoms with Crippen LogP contribution in [0.25, 0.3) is 0 Å². The van der Waals surface area contributed by atoms with Crippen molar-refractivity contribution in [1.29, 1.82) is 0 Å². The van der Waals surface area contributed by atoms with Gasteiger partial charge in [-0.2, -0.15) is 0 Å². The molecular formula is C58H109N2O6P. The van der Waals surface area contributed by atoms with Crippen molar-refractivity contribution in [3.05, 3.63) is 60.8 Å². The molecule has 3 atom stereocenters. The second-order valence-corrected chi connectivity index (χ2v) is 21.7. The topological polar surface area (TPSA) is 108 Å². The fourth-order valence-electron chi connectivity index (χ4n) is 7.97. The summed E-state index contributed by atoms with van der Waals surface area (Å²) in [4.78, 5) is 25.4. The monoisotopic (exact) mass is 961 g/mol. The number of phosphoric acid groups is 1. The number of hydrogen-bond donors (Lipinski definition) is 2. The number of nitrogens with zero attached hydrogens (tertiary/aromatic N) is 1. The van der Waals surface area contributed by atoms with Crippen molar-refractivity contribution in [1.82, 2.24) is 5.32 Å². The Hall–Kier alpha value is -1.80. The van der Waals surface area contributed by atoms with Crippen molar-refractivity contribution in [2.24, 2.45) is 0 Å². The van der Waals surface area contributed by atoms with Gasteiger partial charge in [0.05, 0.1) is 39.9 Å². The third-order valence-corrected chi connectivity index (χ3v) is 13.4. The number of quaternary nitrogens is 1. The molecule has 9 heteroatoms. The molecule has 1 amide bonds. The van der Waals surface area contributed by atoms with Gasteiger partial charge >= 0.3 is 0 Å². The van der Waals surface area contributed by atoms with Gasteiger partial charge in [0.1, 0.15) is 13.2 Å². The number of aliphatic hydroxyl groups excluding tert-OH is 1. The summed E-state index contributed by atoms with van der Waals surface area (Å²) in [6.07, 6.45) is 66.1. The van der Waals surface area contributed by atoms with E-state index in [4.69, 9.17) is 9.05 Å². The molecule has 3 unspecified atom stereocenters. The standard InChI is InChI=1S/C58H109N2O6P/c1-6-8-10-12-14-16-18-20-21-22-23-24-25-26-27-28-29-30-31-32-33-34-35-36-37-38-39-40-42-44-46-48-50-52-58(62)59-56(55-66-67(63,64)65-54-53-60(3,4)5)57(61)51-49-47-45-43-41-19-17-15-13-11-9-7-2/h13,15,18,20,22-23,41,43,49,51,56-57,61H,6-12,14,16-17,19,21,24-40,42,44-48,50,52-55H2,1-5H3,(H-,59,62,63,64)/b15-13+,20-18-,23-22-,43-41+,51-49+. The predicted octanol–water partition coefficient (Wildman–Crippen LogP) is 16.3. The molecule has 67 heavy (non-hydrogen) atoms. The van der Waals surface area contributed by atoms with Crippen LogP contribution in [0.1, 0.15) is 251 Å². The highest BCUT2D eigenvalue weighted by molar-refractivity contribution is 7.45. The van der Waals surface area contributed by atoms with Gasteiger partial charge in [-0.15, -0.1) is 0 Å². The van der Waals surface area contributed by atoms with Gasteiger partial charge in [0, 0.05) is 6.42 Å². The number of carbonyl (C=O) groups is 1. The van der Waals surface area contributed by atoms with Crippen LogP contribution in [-0.4, -0.2) is 68.5 Å². The lowest BCUT2D eigenvalue weighted by molar-refractivity contribution is -0.870. The molecule has 0 fully saturated rings. The summed E-state index contributed by atoms with van der Waals surface area (Å²) >= 11 is 0. The van der Waals surface area contributed by atoms with Crippen LogP contribution >= 0.6 is 7.82 Å². The summed E-state index contributed by atoms with van der Waals surface area (Å²) < 4.78 is 23.2. The van der Waals surface area contributed by atoms with Crippen molar-refractivity contribution in [2.75, 3.05) is 40.9 Å². The molecular weight excluding hydrogens is 852 g/mol. The van der Waals surface area contributed by atoms with Gasteiger partial charge in [-0.3, -0.25) is 9.36 Å². The van der Waals surface area contributed by atoms with Gasteiger partial charge < -0.3 is 28.8 Å². The molecule has 0 aliphatic heterocycles. The van der Waals surface area contributed by atoms with Gasteiger partial charge in [-0.25, -0.2) is 0 Å². The van der Waals surface area contributed by atoms with E-state index in [9.17, 15) is 19.4 Å². The van der Waals surface area contributed by atoms with Gasteiger partial charge in [0.25, 0.3) is 7.82 Å². The number of rotatable bonds is 51. The van der Waals surface area contributed by atoms with Crippen molar-refractivity contribution in [3.8, 4) is 0 Å². The van der Waals surface area contributed by atoms with Crippen LogP contribution in [-0.2, 0) is 18.4 Å². The zero-order chi connectivity index (χ0) is 49.2. The molecule has 0 aromatic heterocycles. The summed E-state index contributed by atoms with van der Waals surface area (Å²) in [7, 11) is 1.24. The highest BCUT2D eigenvalue weighted by Gasteiger charge is 2.23. The Morgan fingerprint density at radius 2 is 0.896 bits per heavy atom. The Labute approximate surface area is 415 Å². The number of allylic oxidation sites excluding steroid dienone is 9. The van der Waals surface area contributed by atoms with Crippen LogP contribution in [0.3, 0.4) is 0 Å². The maximum atomic E-state index is 12.9. The number of unbranched alkanes of at least 4 members (excludes halogenated alkanes) is 30. The minimum absolute atomic E-state index is 0.00953. The van der Waals surface area contributed by atoms with Crippen LogP contribution in [0, 0.1) is 0 Å². The number of aliphatic hydroxyl groups is 1. The average Bonchev–Trinajstić information content (AvgIpc) is 3.29. The molecule has 0 aliphatic carbocycles. The molecule has 0 saturated heterocycles. The van der Waals surface area contributed by atoms with Crippen molar-refractivity contribution < 1.29 is 32.9 Å². The number of hydrogen-bond acceptors (Lipinski definition) is 6. The average molecular weight is 961 g/mol. The lowest BCUT2D eigenvalue weighted by atomic mass is 10.0. The smallest absolute Gasteiger partial charge is 0.268 e. The molecule has 0 heterocycles. The normalized spacial score (nSPS) is 14.4. The van der Waals surface area contributed by atoms with E-state index in [1.54, 1.807) is 6.08 Å². The Morgan fingerprint density at radius 1 is 0.522 bits per heavy atom. The second kappa shape index (κ2) is 49.2. The summed E-state index contributed by atoms with van der Waals surface area (Å²) in [6.45, 7) is 4.56. The Morgan fingerprint density at radius 3 is 1.34 bits per heavy atom. The summed E-state index contributed by atoms with van der Waals surface area (Å²) in [6, 6.07) is -0.909. The van der Waals surface area contributed by atoms with Gasteiger partial charge in [0.2, 0.25) is 5.91 Å². The molecule has 0 saturated carbocycles. The summed E-state index contributed by atoms with van der Waals surface area (Å²) in [5.41, 5.74) is 0. The van der Waals surface area contributed by atoms with Gasteiger partial charge in [0.15, 0.2) is 0 Å². The maximum absolute atomic E-state index is 12.9. The molecule has 0 bridgehead atoms. The van der Waals surface area contributed by atoms with Crippen LogP contribution in [0.2, 0.25) is 0 Å². The van der Waals surface area contributed by atoms with Gasteiger partial charge in [-0.1, -0.05) is 235 Å². The van der Waals surface area contributed by atoms with Crippen molar-refractivity contribution in [2.45, 2.75) is 264 Å². The molecule has 0 aromatic rings. The second-order valence-electron chi connectivity index (χ2n) is 20.3. The fourth-order valence-corrected chi connectivity index (χ4v) is 8.69. The Kier molecular flexibility index (Phi) is 47.9. The fraction of sp³-hybridized carbons (Fsp3) is 0.810. The highest BCUT2D eigenvalue weighted by Crippen LogP contribution is 2.38. The number of nitrogens with one attached hydrogen (secondary N) is 1. The van der Waals surface area contributed by atoms with E-state index in [0.717, 1.165) is 57.8 Å². The van der Waals surface area contributed by atoms with E-state index < -0.39 is 26.6 Å². The van der Waals surface area contributed by atoms with E-state index in [-0.39, 0.29) is 12.5 Å². The SMILES string of the molecule is CCCC/C=C/CC/C=C/CC/C=C/C(O)C(COP(=O)([O-])OCC[N+](C)(C)C)NC(=O)CCCCCCCCCCCCCCCCCCCCCCC/C=C\C/C=C\CCCCCCC. The molecule has 2 N–H and O–H groups in total. The number of likely N-dealkylation sites (N-methyl/N-ethyl adjacent to an activating group) is 1. The van der Waals surface area contributed by atoms with E-state index >= 15 is 0 Å². The minimum Gasteiger partial charge on any atom is -0.756 e. The summed E-state index contributed by atoms with van der Waals surface area (Å²) in [5.74, 6) is -0.211. The van der Waals surface area contributed by atoms with E-state index in [1.165, 1.54) is 173 Å². The molecule has 0 spiro atoms. The predicted molar refractivity (Wildman–Crippen MR) is 288 cm³/mol. The zero-order valence-corrected chi connectivity index (χ0v) is 45.5. The first-order chi connectivity index (χ1) is 32.5. The van der Waals surface area contributed by atoms with E-state index in [2.05, 4.69) is 67.8 Å². The summed E-state index contributed by atoms with van der Waals surface area (Å²) in [5, 5.41) is 13.8.